The first kappa shape index (κ1) is 17.0. The van der Waals surface area contributed by atoms with Crippen molar-refractivity contribution in [2.75, 3.05) is 0 Å². The summed E-state index contributed by atoms with van der Waals surface area (Å²) in [4.78, 5) is 16.7. The highest BCUT2D eigenvalue weighted by atomic mass is 16.1. The number of pyridine rings is 1. The number of hydrogen-bond acceptors (Lipinski definition) is 2. The van der Waals surface area contributed by atoms with Crippen molar-refractivity contribution in [3.63, 3.8) is 0 Å². The van der Waals surface area contributed by atoms with Gasteiger partial charge in [0.25, 0.3) is 5.91 Å². The zero-order valence-corrected chi connectivity index (χ0v) is 14.9. The Balaban J connectivity index is 2.26. The molecule has 0 aliphatic carbocycles. The number of carbonyl (C=O) groups excluding carboxylic acids is 1. The van der Waals surface area contributed by atoms with Gasteiger partial charge in [0.15, 0.2) is 0 Å². The largest absolute Gasteiger partial charge is 0.366 e. The van der Waals surface area contributed by atoms with Gasteiger partial charge < -0.3 is 10.3 Å². The summed E-state index contributed by atoms with van der Waals surface area (Å²) in [6.07, 6.45) is 2.60. The lowest BCUT2D eigenvalue weighted by atomic mass is 9.95. The highest BCUT2D eigenvalue weighted by Crippen LogP contribution is 2.35. The van der Waals surface area contributed by atoms with E-state index >= 15 is 0 Å². The van der Waals surface area contributed by atoms with Crippen molar-refractivity contribution in [3.05, 3.63) is 76.9 Å². The number of rotatable bonds is 5. The second-order valence-electron chi connectivity index (χ2n) is 6.22. The van der Waals surface area contributed by atoms with Crippen LogP contribution in [-0.2, 0) is 13.0 Å². The molecule has 0 atom stereocenters. The van der Waals surface area contributed by atoms with Crippen molar-refractivity contribution in [2.45, 2.75) is 33.7 Å². The molecule has 3 aromatic rings. The zero-order valence-electron chi connectivity index (χ0n) is 14.9. The molecule has 25 heavy (non-hydrogen) atoms. The van der Waals surface area contributed by atoms with Crippen LogP contribution in [0.5, 0.6) is 0 Å². The van der Waals surface area contributed by atoms with Gasteiger partial charge in [-0.2, -0.15) is 0 Å². The number of amides is 1. The SMILES string of the molecule is CCc1c(-c2ccccc2C)c(C(N)=O)c(C)n1Cc1ccccn1. The first-order valence-corrected chi connectivity index (χ1v) is 8.52. The molecule has 128 valence electrons. The lowest BCUT2D eigenvalue weighted by molar-refractivity contribution is 0.1000. The molecule has 0 spiro atoms. The van der Waals surface area contributed by atoms with Crippen LogP contribution in [0.25, 0.3) is 11.1 Å². The monoisotopic (exact) mass is 333 g/mol. The average molecular weight is 333 g/mol. The molecule has 3 rings (SSSR count). The molecule has 0 aliphatic rings. The number of aromatic nitrogens is 2. The van der Waals surface area contributed by atoms with Crippen molar-refractivity contribution < 1.29 is 4.79 Å². The average Bonchev–Trinajstić information content (AvgIpc) is 2.88. The highest BCUT2D eigenvalue weighted by Gasteiger charge is 2.24. The smallest absolute Gasteiger partial charge is 0.251 e. The fraction of sp³-hybridized carbons (Fsp3) is 0.238. The molecule has 0 saturated carbocycles. The van der Waals surface area contributed by atoms with Gasteiger partial charge >= 0.3 is 0 Å². The predicted octanol–water partition coefficient (Wildman–Crippen LogP) is 3.88. The third kappa shape index (κ3) is 3.07. The quantitative estimate of drug-likeness (QED) is 0.770. The fourth-order valence-corrected chi connectivity index (χ4v) is 3.48. The molecule has 1 amide bonds. The van der Waals surface area contributed by atoms with Crippen LogP contribution in [0.1, 0.15) is 39.9 Å². The van der Waals surface area contributed by atoms with Crippen LogP contribution in [0.2, 0.25) is 0 Å². The molecular weight excluding hydrogens is 310 g/mol. The Bertz CT molecular complexity index is 910. The molecule has 2 heterocycles. The minimum absolute atomic E-state index is 0.384. The van der Waals surface area contributed by atoms with E-state index in [1.165, 1.54) is 0 Å². The Morgan fingerprint density at radius 1 is 1.12 bits per heavy atom. The summed E-state index contributed by atoms with van der Waals surface area (Å²) in [6.45, 7) is 6.76. The standard InChI is InChI=1S/C21H23N3O/c1-4-18-20(17-11-6-5-9-14(17)2)19(21(22)25)15(3)24(18)13-16-10-7-8-12-23-16/h5-12H,4,13H2,1-3H3,(H2,22,25). The molecular formula is C21H23N3O. The fourth-order valence-electron chi connectivity index (χ4n) is 3.48. The predicted molar refractivity (Wildman–Crippen MR) is 101 cm³/mol. The molecule has 0 bridgehead atoms. The van der Waals surface area contributed by atoms with Crippen molar-refractivity contribution in [1.82, 2.24) is 9.55 Å². The van der Waals surface area contributed by atoms with Gasteiger partial charge in [-0.15, -0.1) is 0 Å². The highest BCUT2D eigenvalue weighted by molar-refractivity contribution is 6.02. The Hall–Kier alpha value is -2.88. The van der Waals surface area contributed by atoms with E-state index in [1.807, 2.05) is 37.3 Å². The van der Waals surface area contributed by atoms with Gasteiger partial charge in [0.1, 0.15) is 0 Å². The van der Waals surface area contributed by atoms with Crippen LogP contribution in [0.4, 0.5) is 0 Å². The second kappa shape index (κ2) is 6.93. The lowest BCUT2D eigenvalue weighted by Gasteiger charge is -2.12. The minimum atomic E-state index is -0.384. The minimum Gasteiger partial charge on any atom is -0.366 e. The van der Waals surface area contributed by atoms with E-state index in [0.717, 1.165) is 40.2 Å². The Morgan fingerprint density at radius 3 is 2.44 bits per heavy atom. The molecule has 2 N–H and O–H groups in total. The summed E-state index contributed by atoms with van der Waals surface area (Å²) in [5, 5.41) is 0. The Morgan fingerprint density at radius 2 is 1.84 bits per heavy atom. The van der Waals surface area contributed by atoms with Gasteiger partial charge in [0, 0.05) is 23.1 Å². The first-order valence-electron chi connectivity index (χ1n) is 8.52. The van der Waals surface area contributed by atoms with E-state index in [9.17, 15) is 4.79 Å². The van der Waals surface area contributed by atoms with E-state index < -0.39 is 0 Å². The molecule has 0 fully saturated rings. The first-order chi connectivity index (χ1) is 12.0. The van der Waals surface area contributed by atoms with Crippen LogP contribution in [0, 0.1) is 13.8 Å². The Kier molecular flexibility index (Phi) is 4.70. The molecule has 0 aliphatic heterocycles. The molecule has 4 nitrogen and oxygen atoms in total. The third-order valence-corrected chi connectivity index (χ3v) is 4.67. The maximum absolute atomic E-state index is 12.3. The molecule has 0 unspecified atom stereocenters. The van der Waals surface area contributed by atoms with E-state index in [2.05, 4.69) is 35.5 Å². The molecule has 0 saturated heterocycles. The summed E-state index contributed by atoms with van der Waals surface area (Å²) < 4.78 is 2.17. The van der Waals surface area contributed by atoms with Gasteiger partial charge in [0.2, 0.25) is 0 Å². The normalized spacial score (nSPS) is 10.8. The Labute approximate surface area is 148 Å². The topological polar surface area (TPSA) is 60.9 Å². The van der Waals surface area contributed by atoms with Crippen molar-refractivity contribution >= 4 is 5.91 Å². The summed E-state index contributed by atoms with van der Waals surface area (Å²) in [5.41, 5.74) is 12.5. The van der Waals surface area contributed by atoms with Crippen molar-refractivity contribution in [1.29, 1.82) is 0 Å². The second-order valence-corrected chi connectivity index (χ2v) is 6.22. The van der Waals surface area contributed by atoms with E-state index in [-0.39, 0.29) is 5.91 Å². The molecule has 0 radical (unpaired) electrons. The summed E-state index contributed by atoms with van der Waals surface area (Å²) in [5.74, 6) is -0.384. The van der Waals surface area contributed by atoms with E-state index in [0.29, 0.717) is 12.1 Å². The summed E-state index contributed by atoms with van der Waals surface area (Å²) in [7, 11) is 0. The van der Waals surface area contributed by atoms with Crippen molar-refractivity contribution in [2.24, 2.45) is 5.73 Å². The van der Waals surface area contributed by atoms with Crippen LogP contribution in [0.3, 0.4) is 0 Å². The number of hydrogen-bond donors (Lipinski definition) is 1. The molecule has 4 heteroatoms. The van der Waals surface area contributed by atoms with E-state index in [4.69, 9.17) is 5.73 Å². The van der Waals surface area contributed by atoms with Crippen LogP contribution in [-0.4, -0.2) is 15.5 Å². The van der Waals surface area contributed by atoms with Gasteiger partial charge in [-0.3, -0.25) is 9.78 Å². The number of nitrogens with zero attached hydrogens (tertiary/aromatic N) is 2. The van der Waals surface area contributed by atoms with Gasteiger partial charge in [-0.25, -0.2) is 0 Å². The molecule has 1 aromatic carbocycles. The maximum atomic E-state index is 12.3. The van der Waals surface area contributed by atoms with Gasteiger partial charge in [0.05, 0.1) is 17.8 Å². The van der Waals surface area contributed by atoms with Gasteiger partial charge in [-0.05, 0) is 43.5 Å². The van der Waals surface area contributed by atoms with E-state index in [1.54, 1.807) is 6.20 Å². The van der Waals surface area contributed by atoms with Gasteiger partial charge in [-0.1, -0.05) is 37.3 Å². The van der Waals surface area contributed by atoms with Crippen LogP contribution < -0.4 is 5.73 Å². The number of carbonyl (C=O) groups is 1. The third-order valence-electron chi connectivity index (χ3n) is 4.67. The number of aryl methyl sites for hydroxylation is 1. The van der Waals surface area contributed by atoms with Crippen LogP contribution >= 0.6 is 0 Å². The van der Waals surface area contributed by atoms with Crippen molar-refractivity contribution in [3.8, 4) is 11.1 Å². The zero-order chi connectivity index (χ0) is 18.0. The number of nitrogens with two attached hydrogens (primary N) is 1. The maximum Gasteiger partial charge on any atom is 0.251 e. The lowest BCUT2D eigenvalue weighted by Crippen LogP contribution is -2.14. The summed E-state index contributed by atoms with van der Waals surface area (Å²) in [6, 6.07) is 14.0. The summed E-state index contributed by atoms with van der Waals surface area (Å²) >= 11 is 0. The van der Waals surface area contributed by atoms with Crippen LogP contribution in [0.15, 0.2) is 48.7 Å². The molecule has 2 aromatic heterocycles. The number of benzene rings is 1. The number of primary amides is 1.